The van der Waals surface area contributed by atoms with E-state index in [1.807, 2.05) is 29.2 Å². The van der Waals surface area contributed by atoms with E-state index in [1.54, 1.807) is 17.5 Å². The summed E-state index contributed by atoms with van der Waals surface area (Å²) < 4.78 is 1.85. The van der Waals surface area contributed by atoms with Crippen molar-refractivity contribution in [2.75, 3.05) is 0 Å². The average Bonchev–Trinajstić information content (AvgIpc) is 2.89. The third-order valence-electron chi connectivity index (χ3n) is 2.31. The van der Waals surface area contributed by atoms with Crippen molar-refractivity contribution in [2.24, 2.45) is 7.05 Å². The van der Waals surface area contributed by atoms with E-state index in [4.69, 9.17) is 5.26 Å². The van der Waals surface area contributed by atoms with Gasteiger partial charge in [0.1, 0.15) is 6.07 Å². The molecular weight excluding hydrogens is 220 g/mol. The zero-order valence-corrected chi connectivity index (χ0v) is 9.79. The summed E-state index contributed by atoms with van der Waals surface area (Å²) >= 11 is 1.61. The van der Waals surface area contributed by atoms with E-state index in [0.717, 1.165) is 24.3 Å². The molecule has 0 saturated heterocycles. The lowest BCUT2D eigenvalue weighted by Crippen LogP contribution is -2.14. The van der Waals surface area contributed by atoms with E-state index >= 15 is 0 Å². The zero-order valence-electron chi connectivity index (χ0n) is 8.97. The molecule has 5 heteroatoms. The maximum atomic E-state index is 8.69. The molecule has 82 valence electrons. The Bertz CT molecular complexity index is 506. The highest BCUT2D eigenvalue weighted by atomic mass is 32.1. The molecule has 0 spiro atoms. The third kappa shape index (κ3) is 2.48. The average molecular weight is 232 g/mol. The number of hydrogen-bond acceptors (Lipinski definition) is 4. The Labute approximate surface area is 98.1 Å². The van der Waals surface area contributed by atoms with Crippen LogP contribution < -0.4 is 5.32 Å². The molecule has 0 fully saturated rings. The maximum Gasteiger partial charge on any atom is 0.100 e. The molecule has 0 aliphatic heterocycles. The van der Waals surface area contributed by atoms with Crippen molar-refractivity contribution < 1.29 is 0 Å². The van der Waals surface area contributed by atoms with Gasteiger partial charge in [0.05, 0.1) is 11.3 Å². The van der Waals surface area contributed by atoms with E-state index in [2.05, 4.69) is 16.5 Å². The van der Waals surface area contributed by atoms with E-state index in [-0.39, 0.29) is 0 Å². The van der Waals surface area contributed by atoms with Crippen molar-refractivity contribution in [3.05, 3.63) is 39.8 Å². The van der Waals surface area contributed by atoms with Crippen LogP contribution in [0.3, 0.4) is 0 Å². The van der Waals surface area contributed by atoms with Gasteiger partial charge in [-0.05, 0) is 12.1 Å². The van der Waals surface area contributed by atoms with Gasteiger partial charge in [0.25, 0.3) is 0 Å². The molecule has 0 aliphatic rings. The minimum atomic E-state index is 0.738. The van der Waals surface area contributed by atoms with Crippen molar-refractivity contribution in [1.29, 1.82) is 5.26 Å². The van der Waals surface area contributed by atoms with Crippen LogP contribution >= 0.6 is 11.3 Å². The van der Waals surface area contributed by atoms with Gasteiger partial charge in [0, 0.05) is 36.6 Å². The Morgan fingerprint density at radius 3 is 3.06 bits per heavy atom. The van der Waals surface area contributed by atoms with Crippen molar-refractivity contribution >= 4 is 11.3 Å². The third-order valence-corrected chi connectivity index (χ3v) is 3.25. The Kier molecular flexibility index (Phi) is 3.34. The number of nitrogens with one attached hydrogen (secondary N) is 1. The van der Waals surface area contributed by atoms with Crippen LogP contribution in [0.1, 0.15) is 16.1 Å². The Hall–Kier alpha value is -1.64. The number of aryl methyl sites for hydroxylation is 1. The van der Waals surface area contributed by atoms with Crippen LogP contribution in [0.4, 0.5) is 0 Å². The molecule has 0 radical (unpaired) electrons. The fourth-order valence-electron chi connectivity index (χ4n) is 1.42. The monoisotopic (exact) mass is 232 g/mol. The summed E-state index contributed by atoms with van der Waals surface area (Å²) in [5, 5.41) is 18.0. The predicted octanol–water partition coefficient (Wildman–Crippen LogP) is 1.64. The molecule has 2 rings (SSSR count). The standard InChI is InChI=1S/C11H12N4S/c1-15-10(2-3-14-15)6-13-7-11-4-9(5-12)8-16-11/h2-4,8,13H,6-7H2,1H3. The van der Waals surface area contributed by atoms with Gasteiger partial charge in [0.2, 0.25) is 0 Å². The first-order valence-electron chi connectivity index (χ1n) is 4.94. The number of thiophene rings is 1. The topological polar surface area (TPSA) is 53.6 Å². The molecule has 2 heterocycles. The number of nitriles is 1. The molecule has 0 bridgehead atoms. The first-order chi connectivity index (χ1) is 7.79. The molecule has 0 aromatic carbocycles. The highest BCUT2D eigenvalue weighted by molar-refractivity contribution is 7.10. The molecule has 0 saturated carbocycles. The molecule has 16 heavy (non-hydrogen) atoms. The summed E-state index contributed by atoms with van der Waals surface area (Å²) in [5.41, 5.74) is 1.89. The SMILES string of the molecule is Cn1nccc1CNCc1cc(C#N)cs1. The van der Waals surface area contributed by atoms with Crippen LogP contribution in [-0.4, -0.2) is 9.78 Å². The summed E-state index contributed by atoms with van der Waals surface area (Å²) in [6, 6.07) is 6.03. The quantitative estimate of drug-likeness (QED) is 0.872. The first-order valence-corrected chi connectivity index (χ1v) is 5.82. The van der Waals surface area contributed by atoms with Gasteiger partial charge in [0.15, 0.2) is 0 Å². The van der Waals surface area contributed by atoms with E-state index < -0.39 is 0 Å². The Morgan fingerprint density at radius 1 is 1.56 bits per heavy atom. The van der Waals surface area contributed by atoms with Crippen molar-refractivity contribution in [3.63, 3.8) is 0 Å². The fourth-order valence-corrected chi connectivity index (χ4v) is 2.20. The van der Waals surface area contributed by atoms with Crippen molar-refractivity contribution in [3.8, 4) is 6.07 Å². The minimum Gasteiger partial charge on any atom is -0.306 e. The van der Waals surface area contributed by atoms with Gasteiger partial charge in [-0.15, -0.1) is 11.3 Å². The second-order valence-electron chi connectivity index (χ2n) is 3.46. The lowest BCUT2D eigenvalue weighted by atomic mass is 10.3. The van der Waals surface area contributed by atoms with E-state index in [0.29, 0.717) is 0 Å². The minimum absolute atomic E-state index is 0.738. The first kappa shape index (κ1) is 10.9. The highest BCUT2D eigenvalue weighted by Crippen LogP contribution is 2.13. The van der Waals surface area contributed by atoms with Crippen LogP contribution in [0, 0.1) is 11.3 Å². The number of hydrogen-bond donors (Lipinski definition) is 1. The highest BCUT2D eigenvalue weighted by Gasteiger charge is 2.00. The maximum absolute atomic E-state index is 8.69. The number of rotatable bonds is 4. The van der Waals surface area contributed by atoms with Crippen LogP contribution in [-0.2, 0) is 20.1 Å². The fraction of sp³-hybridized carbons (Fsp3) is 0.273. The molecule has 4 nitrogen and oxygen atoms in total. The summed E-state index contributed by atoms with van der Waals surface area (Å²) in [6.45, 7) is 1.58. The summed E-state index contributed by atoms with van der Waals surface area (Å²) in [5.74, 6) is 0. The van der Waals surface area contributed by atoms with Crippen molar-refractivity contribution in [2.45, 2.75) is 13.1 Å². The molecule has 0 unspecified atom stereocenters. The molecule has 1 N–H and O–H groups in total. The smallest absolute Gasteiger partial charge is 0.100 e. The number of nitrogens with zero attached hydrogens (tertiary/aromatic N) is 3. The molecule has 0 amide bonds. The van der Waals surface area contributed by atoms with Crippen LogP contribution in [0.25, 0.3) is 0 Å². The Morgan fingerprint density at radius 2 is 2.44 bits per heavy atom. The summed E-state index contributed by atoms with van der Waals surface area (Å²) in [4.78, 5) is 1.18. The van der Waals surface area contributed by atoms with Gasteiger partial charge >= 0.3 is 0 Å². The van der Waals surface area contributed by atoms with Crippen LogP contribution in [0.2, 0.25) is 0 Å². The Balaban J connectivity index is 1.85. The zero-order chi connectivity index (χ0) is 11.4. The van der Waals surface area contributed by atoms with Gasteiger partial charge in [-0.1, -0.05) is 0 Å². The lowest BCUT2D eigenvalue weighted by Gasteiger charge is -2.03. The summed E-state index contributed by atoms with van der Waals surface area (Å²) in [6.07, 6.45) is 1.79. The molecule has 2 aromatic heterocycles. The predicted molar refractivity (Wildman–Crippen MR) is 62.8 cm³/mol. The van der Waals surface area contributed by atoms with Gasteiger partial charge in [-0.2, -0.15) is 10.4 Å². The number of aromatic nitrogens is 2. The van der Waals surface area contributed by atoms with E-state index in [9.17, 15) is 0 Å². The second kappa shape index (κ2) is 4.92. The van der Waals surface area contributed by atoms with Gasteiger partial charge in [-0.25, -0.2) is 0 Å². The van der Waals surface area contributed by atoms with Crippen molar-refractivity contribution in [1.82, 2.24) is 15.1 Å². The molecule has 2 aromatic rings. The lowest BCUT2D eigenvalue weighted by molar-refractivity contribution is 0.629. The summed E-state index contributed by atoms with van der Waals surface area (Å²) in [7, 11) is 1.93. The molecular formula is C11H12N4S. The van der Waals surface area contributed by atoms with E-state index in [1.165, 1.54) is 4.88 Å². The normalized spacial score (nSPS) is 10.2. The van der Waals surface area contributed by atoms with Gasteiger partial charge in [-0.3, -0.25) is 4.68 Å². The van der Waals surface area contributed by atoms with Gasteiger partial charge < -0.3 is 5.32 Å². The molecule has 0 atom stereocenters. The largest absolute Gasteiger partial charge is 0.306 e. The molecule has 0 aliphatic carbocycles. The second-order valence-corrected chi connectivity index (χ2v) is 4.46. The van der Waals surface area contributed by atoms with Crippen LogP contribution in [0.5, 0.6) is 0 Å². The van der Waals surface area contributed by atoms with Crippen LogP contribution in [0.15, 0.2) is 23.7 Å².